The van der Waals surface area contributed by atoms with Gasteiger partial charge in [-0.15, -0.1) is 11.3 Å². The molecule has 1 aromatic heterocycles. The van der Waals surface area contributed by atoms with Gasteiger partial charge in [0.25, 0.3) is 0 Å². The molecule has 1 saturated heterocycles. The Morgan fingerprint density at radius 1 is 1.07 bits per heavy atom. The second kappa shape index (κ2) is 8.50. The summed E-state index contributed by atoms with van der Waals surface area (Å²) in [6, 6.07) is 19.2. The van der Waals surface area contributed by atoms with Gasteiger partial charge in [0.05, 0.1) is 10.2 Å². The first-order valence-corrected chi connectivity index (χ1v) is 12.2. The molecule has 156 valence electrons. The number of benzene rings is 2. The summed E-state index contributed by atoms with van der Waals surface area (Å²) >= 11 is 1.73. The molecule has 2 aromatic carbocycles. The van der Waals surface area contributed by atoms with Gasteiger partial charge >= 0.3 is 0 Å². The third-order valence-electron chi connectivity index (χ3n) is 7.25. The van der Waals surface area contributed by atoms with Gasteiger partial charge < -0.3 is 4.90 Å². The van der Waals surface area contributed by atoms with E-state index in [1.54, 1.807) is 11.3 Å². The summed E-state index contributed by atoms with van der Waals surface area (Å²) in [5.74, 6) is 1.77. The number of rotatable bonds is 4. The fourth-order valence-corrected chi connectivity index (χ4v) is 6.68. The Labute approximate surface area is 183 Å². The van der Waals surface area contributed by atoms with E-state index < -0.39 is 0 Å². The van der Waals surface area contributed by atoms with Crippen LogP contribution in [0.25, 0.3) is 10.2 Å². The minimum absolute atomic E-state index is 0.0255. The lowest BCUT2D eigenvalue weighted by molar-refractivity contribution is -0.139. The third kappa shape index (κ3) is 3.78. The van der Waals surface area contributed by atoms with Crippen molar-refractivity contribution in [2.45, 2.75) is 57.4 Å². The highest BCUT2D eigenvalue weighted by molar-refractivity contribution is 7.18. The van der Waals surface area contributed by atoms with Gasteiger partial charge in [-0.05, 0) is 48.8 Å². The summed E-state index contributed by atoms with van der Waals surface area (Å²) in [6.07, 6.45) is 6.71. The first-order valence-electron chi connectivity index (χ1n) is 11.4. The molecule has 2 fully saturated rings. The molecule has 4 unspecified atom stereocenters. The Bertz CT molecular complexity index is 981. The molecule has 4 heteroatoms. The van der Waals surface area contributed by atoms with Crippen LogP contribution in [0.4, 0.5) is 0 Å². The Hall–Kier alpha value is -2.20. The van der Waals surface area contributed by atoms with E-state index in [1.807, 2.05) is 12.1 Å². The van der Waals surface area contributed by atoms with E-state index in [0.717, 1.165) is 29.4 Å². The van der Waals surface area contributed by atoms with Gasteiger partial charge in [0.15, 0.2) is 0 Å². The standard InChI is InChI=1S/C26H30N2OS/c1-18-15-16-28(23-13-7-5-11-20(18)23)25(29)17-21(19-9-3-2-4-10-19)26-27-22-12-6-8-14-24(22)30-26/h2-4,6,8-10,12,14,18,20-21,23H,5,7,11,13,15-17H2,1H3. The number of piperidine rings is 1. The highest BCUT2D eigenvalue weighted by atomic mass is 32.1. The zero-order chi connectivity index (χ0) is 20.5. The van der Waals surface area contributed by atoms with E-state index in [9.17, 15) is 4.79 Å². The number of carbonyl (C=O) groups is 1. The molecular formula is C26H30N2OS. The summed E-state index contributed by atoms with van der Waals surface area (Å²) in [5, 5.41) is 1.06. The fraction of sp³-hybridized carbons (Fsp3) is 0.462. The molecule has 1 saturated carbocycles. The van der Waals surface area contributed by atoms with Crippen molar-refractivity contribution in [3.8, 4) is 0 Å². The third-order valence-corrected chi connectivity index (χ3v) is 8.40. The van der Waals surface area contributed by atoms with Crippen molar-refractivity contribution in [3.63, 3.8) is 0 Å². The number of para-hydroxylation sites is 1. The van der Waals surface area contributed by atoms with E-state index in [4.69, 9.17) is 4.98 Å². The predicted molar refractivity (Wildman–Crippen MR) is 124 cm³/mol. The number of thiazole rings is 1. The molecule has 5 rings (SSSR count). The van der Waals surface area contributed by atoms with Gasteiger partial charge in [0.1, 0.15) is 5.01 Å². The molecule has 3 nitrogen and oxygen atoms in total. The van der Waals surface area contributed by atoms with E-state index in [0.29, 0.717) is 24.3 Å². The molecule has 0 radical (unpaired) electrons. The Kier molecular flexibility index (Phi) is 5.60. The minimum atomic E-state index is 0.0255. The van der Waals surface area contributed by atoms with Crippen LogP contribution in [0, 0.1) is 11.8 Å². The predicted octanol–water partition coefficient (Wildman–Crippen LogP) is 6.25. The number of aromatic nitrogens is 1. The number of hydrogen-bond donors (Lipinski definition) is 0. The van der Waals surface area contributed by atoms with E-state index in [1.165, 1.54) is 35.9 Å². The molecule has 2 aliphatic rings. The van der Waals surface area contributed by atoms with Crippen molar-refractivity contribution < 1.29 is 4.79 Å². The first kappa shape index (κ1) is 19.7. The molecule has 0 bridgehead atoms. The first-order chi connectivity index (χ1) is 14.7. The van der Waals surface area contributed by atoms with Crippen molar-refractivity contribution >= 4 is 27.5 Å². The van der Waals surface area contributed by atoms with Crippen LogP contribution in [0.5, 0.6) is 0 Å². The average molecular weight is 419 g/mol. The SMILES string of the molecule is CC1CCN(C(=O)CC(c2ccccc2)c2nc3ccccc3s2)C2CCCCC12. The summed E-state index contributed by atoms with van der Waals surface area (Å²) in [4.78, 5) is 20.8. The van der Waals surface area contributed by atoms with Crippen LogP contribution in [0.1, 0.15) is 61.9 Å². The number of amides is 1. The van der Waals surface area contributed by atoms with Crippen LogP contribution in [0.2, 0.25) is 0 Å². The van der Waals surface area contributed by atoms with Gasteiger partial charge in [-0.3, -0.25) is 4.79 Å². The quantitative estimate of drug-likeness (QED) is 0.502. The number of likely N-dealkylation sites (tertiary alicyclic amines) is 1. The zero-order valence-corrected chi connectivity index (χ0v) is 18.5. The number of carbonyl (C=O) groups excluding carboxylic acids is 1. The van der Waals surface area contributed by atoms with Gasteiger partial charge in [0.2, 0.25) is 5.91 Å². The Morgan fingerprint density at radius 2 is 1.83 bits per heavy atom. The lowest BCUT2D eigenvalue weighted by atomic mass is 9.72. The van der Waals surface area contributed by atoms with Crippen LogP contribution in [0.15, 0.2) is 54.6 Å². The smallest absolute Gasteiger partial charge is 0.223 e. The highest BCUT2D eigenvalue weighted by Gasteiger charge is 2.40. The zero-order valence-electron chi connectivity index (χ0n) is 17.7. The van der Waals surface area contributed by atoms with Gasteiger partial charge in [0, 0.05) is 24.9 Å². The van der Waals surface area contributed by atoms with Crippen LogP contribution in [-0.4, -0.2) is 28.4 Å². The minimum Gasteiger partial charge on any atom is -0.339 e. The molecule has 4 atom stereocenters. The van der Waals surface area contributed by atoms with Crippen molar-refractivity contribution in [2.75, 3.05) is 6.54 Å². The van der Waals surface area contributed by atoms with Crippen molar-refractivity contribution in [3.05, 3.63) is 65.2 Å². The fourth-order valence-electron chi connectivity index (χ4n) is 5.59. The molecule has 1 aliphatic heterocycles. The van der Waals surface area contributed by atoms with Crippen molar-refractivity contribution in [1.82, 2.24) is 9.88 Å². The number of hydrogen-bond acceptors (Lipinski definition) is 3. The van der Waals surface area contributed by atoms with Crippen LogP contribution < -0.4 is 0 Å². The average Bonchev–Trinajstić information content (AvgIpc) is 3.22. The maximum absolute atomic E-state index is 13.6. The summed E-state index contributed by atoms with van der Waals surface area (Å²) in [6.45, 7) is 3.31. The highest BCUT2D eigenvalue weighted by Crippen LogP contribution is 2.40. The lowest BCUT2D eigenvalue weighted by Gasteiger charge is -2.47. The molecule has 1 amide bonds. The molecule has 0 spiro atoms. The van der Waals surface area contributed by atoms with Crippen LogP contribution in [0.3, 0.4) is 0 Å². The van der Waals surface area contributed by atoms with E-state index in [-0.39, 0.29) is 5.92 Å². The molecule has 1 aliphatic carbocycles. The van der Waals surface area contributed by atoms with E-state index >= 15 is 0 Å². The summed E-state index contributed by atoms with van der Waals surface area (Å²) < 4.78 is 1.19. The molecule has 2 heterocycles. The van der Waals surface area contributed by atoms with Gasteiger partial charge in [-0.2, -0.15) is 0 Å². The lowest BCUT2D eigenvalue weighted by Crippen LogP contribution is -2.52. The summed E-state index contributed by atoms with van der Waals surface area (Å²) in [5.41, 5.74) is 2.22. The molecule has 0 N–H and O–H groups in total. The van der Waals surface area contributed by atoms with E-state index in [2.05, 4.69) is 54.3 Å². The van der Waals surface area contributed by atoms with Crippen LogP contribution >= 0.6 is 11.3 Å². The number of nitrogens with zero attached hydrogens (tertiary/aromatic N) is 2. The van der Waals surface area contributed by atoms with Gasteiger partial charge in [-0.25, -0.2) is 4.98 Å². The maximum Gasteiger partial charge on any atom is 0.223 e. The van der Waals surface area contributed by atoms with Crippen LogP contribution in [-0.2, 0) is 4.79 Å². The maximum atomic E-state index is 13.6. The second-order valence-electron chi connectivity index (χ2n) is 9.06. The monoisotopic (exact) mass is 418 g/mol. The normalized spacial score (nSPS) is 25.1. The van der Waals surface area contributed by atoms with Gasteiger partial charge in [-0.1, -0.05) is 62.2 Å². The molecular weight excluding hydrogens is 388 g/mol. The molecule has 30 heavy (non-hydrogen) atoms. The van der Waals surface area contributed by atoms with Crippen molar-refractivity contribution in [2.24, 2.45) is 11.8 Å². The molecule has 3 aromatic rings. The van der Waals surface area contributed by atoms with Crippen molar-refractivity contribution in [1.29, 1.82) is 0 Å². The largest absolute Gasteiger partial charge is 0.339 e. The summed E-state index contributed by atoms with van der Waals surface area (Å²) in [7, 11) is 0. The Balaban J connectivity index is 1.44. The topological polar surface area (TPSA) is 33.2 Å². The second-order valence-corrected chi connectivity index (χ2v) is 10.1. The number of fused-ring (bicyclic) bond motifs is 2. The Morgan fingerprint density at radius 3 is 2.67 bits per heavy atom.